The first kappa shape index (κ1) is 14.8. The lowest BCUT2D eigenvalue weighted by Crippen LogP contribution is -2.42. The molecule has 0 amide bonds. The Labute approximate surface area is 94.0 Å². The van der Waals surface area contributed by atoms with Gasteiger partial charge in [-0.25, -0.2) is 4.39 Å². The molecule has 0 fully saturated rings. The normalized spacial score (nSPS) is 15.4. The molecular formula is C12H27FN2. The molecule has 1 atom stereocenters. The number of halogens is 1. The molecule has 0 bridgehead atoms. The fraction of sp³-hybridized carbons (Fsp3) is 1.00. The van der Waals surface area contributed by atoms with Crippen LogP contribution in [0.3, 0.4) is 0 Å². The summed E-state index contributed by atoms with van der Waals surface area (Å²) in [4.78, 5) is 0. The molecule has 15 heavy (non-hydrogen) atoms. The van der Waals surface area contributed by atoms with Crippen LogP contribution in [-0.4, -0.2) is 30.3 Å². The Hall–Kier alpha value is -0.150. The molecule has 0 aliphatic rings. The molecule has 0 heterocycles. The first-order chi connectivity index (χ1) is 6.60. The minimum Gasteiger partial charge on any atom is -0.312 e. The minimum absolute atomic E-state index is 0.00178. The van der Waals surface area contributed by atoms with Crippen molar-refractivity contribution >= 4 is 0 Å². The fourth-order valence-corrected chi connectivity index (χ4v) is 1.12. The molecule has 0 aliphatic carbocycles. The summed E-state index contributed by atoms with van der Waals surface area (Å²) in [6, 6.07) is 0. The van der Waals surface area contributed by atoms with Gasteiger partial charge in [0.1, 0.15) is 6.17 Å². The topological polar surface area (TPSA) is 24.1 Å². The van der Waals surface area contributed by atoms with Gasteiger partial charge >= 0.3 is 0 Å². The molecule has 2 N–H and O–H groups in total. The van der Waals surface area contributed by atoms with Crippen LogP contribution in [0.15, 0.2) is 0 Å². The van der Waals surface area contributed by atoms with Crippen molar-refractivity contribution in [3.05, 3.63) is 0 Å². The van der Waals surface area contributed by atoms with Crippen molar-refractivity contribution in [3.63, 3.8) is 0 Å². The highest BCUT2D eigenvalue weighted by Crippen LogP contribution is 2.04. The van der Waals surface area contributed by atoms with E-state index in [0.717, 1.165) is 6.54 Å². The number of hydrogen-bond donors (Lipinski definition) is 2. The molecule has 3 heteroatoms. The summed E-state index contributed by atoms with van der Waals surface area (Å²) in [5, 5.41) is 6.45. The van der Waals surface area contributed by atoms with E-state index in [9.17, 15) is 4.39 Å². The molecule has 0 aromatic rings. The summed E-state index contributed by atoms with van der Waals surface area (Å²) >= 11 is 0. The maximum absolute atomic E-state index is 13.4. The van der Waals surface area contributed by atoms with Gasteiger partial charge < -0.3 is 10.6 Å². The molecule has 0 aliphatic heterocycles. The maximum atomic E-state index is 13.4. The highest BCUT2D eigenvalue weighted by atomic mass is 19.1. The van der Waals surface area contributed by atoms with Gasteiger partial charge in [0.25, 0.3) is 0 Å². The van der Waals surface area contributed by atoms with E-state index in [-0.39, 0.29) is 11.1 Å². The molecule has 0 spiro atoms. The third-order valence-electron chi connectivity index (χ3n) is 1.97. The number of rotatable bonds is 5. The first-order valence-electron chi connectivity index (χ1n) is 5.74. The van der Waals surface area contributed by atoms with E-state index in [4.69, 9.17) is 0 Å². The van der Waals surface area contributed by atoms with Gasteiger partial charge in [0, 0.05) is 17.6 Å². The highest BCUT2D eigenvalue weighted by Gasteiger charge is 2.14. The van der Waals surface area contributed by atoms with Crippen LogP contribution in [0.1, 0.15) is 48.0 Å². The van der Waals surface area contributed by atoms with E-state index < -0.39 is 6.17 Å². The predicted octanol–water partition coefficient (Wildman–Crippen LogP) is 2.49. The second-order valence-electron chi connectivity index (χ2n) is 6.19. The van der Waals surface area contributed by atoms with Gasteiger partial charge in [0.05, 0.1) is 0 Å². The van der Waals surface area contributed by atoms with E-state index in [1.807, 2.05) is 20.8 Å². The molecule has 0 rings (SSSR count). The molecule has 0 radical (unpaired) electrons. The van der Waals surface area contributed by atoms with Gasteiger partial charge in [-0.1, -0.05) is 0 Å². The Morgan fingerprint density at radius 2 is 1.40 bits per heavy atom. The Balaban J connectivity index is 3.54. The molecule has 0 aromatic carbocycles. The van der Waals surface area contributed by atoms with Crippen LogP contribution in [0.2, 0.25) is 0 Å². The van der Waals surface area contributed by atoms with Crippen molar-refractivity contribution in [2.24, 2.45) is 0 Å². The lowest BCUT2D eigenvalue weighted by molar-refractivity contribution is 0.262. The van der Waals surface area contributed by atoms with E-state index in [1.165, 1.54) is 0 Å². The predicted molar refractivity (Wildman–Crippen MR) is 65.0 cm³/mol. The number of nitrogens with one attached hydrogen (secondary N) is 2. The van der Waals surface area contributed by atoms with Gasteiger partial charge in [-0.3, -0.25) is 0 Å². The molecule has 1 unspecified atom stereocenters. The van der Waals surface area contributed by atoms with E-state index in [0.29, 0.717) is 13.0 Å². The third-order valence-corrected chi connectivity index (χ3v) is 1.97. The Kier molecular flexibility index (Phi) is 5.75. The van der Waals surface area contributed by atoms with Gasteiger partial charge in [-0.15, -0.1) is 0 Å². The summed E-state index contributed by atoms with van der Waals surface area (Å²) in [7, 11) is 0. The lowest BCUT2D eigenvalue weighted by atomic mass is 10.1. The van der Waals surface area contributed by atoms with Gasteiger partial charge in [-0.2, -0.15) is 0 Å². The maximum Gasteiger partial charge on any atom is 0.114 e. The molecule has 2 nitrogen and oxygen atoms in total. The Morgan fingerprint density at radius 1 is 0.933 bits per heavy atom. The van der Waals surface area contributed by atoms with E-state index >= 15 is 0 Å². The number of alkyl halides is 1. The van der Waals surface area contributed by atoms with Gasteiger partial charge in [0.2, 0.25) is 0 Å². The monoisotopic (exact) mass is 218 g/mol. The zero-order valence-electron chi connectivity index (χ0n) is 11.1. The van der Waals surface area contributed by atoms with Crippen LogP contribution < -0.4 is 10.6 Å². The molecule has 92 valence electrons. The van der Waals surface area contributed by atoms with Crippen LogP contribution >= 0.6 is 0 Å². The standard InChI is InChI=1S/C12H27FN2/c1-11(2,3)14-8-7-10(13)9-15-12(4,5)6/h10,14-15H,7-9H2,1-6H3. The van der Waals surface area contributed by atoms with E-state index in [1.54, 1.807) is 0 Å². The average molecular weight is 218 g/mol. The van der Waals surface area contributed by atoms with Crippen LogP contribution in [-0.2, 0) is 0 Å². The van der Waals surface area contributed by atoms with Gasteiger partial charge in [0.15, 0.2) is 0 Å². The zero-order valence-corrected chi connectivity index (χ0v) is 11.1. The lowest BCUT2D eigenvalue weighted by Gasteiger charge is -2.24. The largest absolute Gasteiger partial charge is 0.312 e. The van der Waals surface area contributed by atoms with Crippen LogP contribution in [0.25, 0.3) is 0 Å². The van der Waals surface area contributed by atoms with Crippen molar-refractivity contribution in [1.82, 2.24) is 10.6 Å². The summed E-state index contributed by atoms with van der Waals surface area (Å²) in [5.41, 5.74) is 0.0823. The van der Waals surface area contributed by atoms with Crippen molar-refractivity contribution < 1.29 is 4.39 Å². The van der Waals surface area contributed by atoms with Gasteiger partial charge in [-0.05, 0) is 54.5 Å². The summed E-state index contributed by atoms with van der Waals surface area (Å²) in [5.74, 6) is 0. The van der Waals surface area contributed by atoms with Crippen molar-refractivity contribution in [2.45, 2.75) is 65.2 Å². The average Bonchev–Trinajstić information content (AvgIpc) is 1.97. The Morgan fingerprint density at radius 3 is 1.80 bits per heavy atom. The highest BCUT2D eigenvalue weighted by molar-refractivity contribution is 4.75. The molecule has 0 saturated heterocycles. The van der Waals surface area contributed by atoms with Crippen molar-refractivity contribution in [3.8, 4) is 0 Å². The van der Waals surface area contributed by atoms with Crippen molar-refractivity contribution in [1.29, 1.82) is 0 Å². The molecule has 0 saturated carbocycles. The second-order valence-corrected chi connectivity index (χ2v) is 6.19. The SMILES string of the molecule is CC(C)(C)NCCC(F)CNC(C)(C)C. The minimum atomic E-state index is -0.765. The molecular weight excluding hydrogens is 191 g/mol. The van der Waals surface area contributed by atoms with Crippen LogP contribution in [0.4, 0.5) is 4.39 Å². The fourth-order valence-electron chi connectivity index (χ4n) is 1.12. The first-order valence-corrected chi connectivity index (χ1v) is 5.74. The molecule has 0 aromatic heterocycles. The summed E-state index contributed by atoms with van der Waals surface area (Å²) < 4.78 is 13.4. The quantitative estimate of drug-likeness (QED) is 0.741. The number of hydrogen-bond acceptors (Lipinski definition) is 2. The zero-order chi connectivity index (χ0) is 12.1. The Bertz CT molecular complexity index is 167. The third kappa shape index (κ3) is 11.8. The smallest absolute Gasteiger partial charge is 0.114 e. The van der Waals surface area contributed by atoms with E-state index in [2.05, 4.69) is 31.4 Å². The van der Waals surface area contributed by atoms with Crippen LogP contribution in [0.5, 0.6) is 0 Å². The summed E-state index contributed by atoms with van der Waals surface area (Å²) in [6.45, 7) is 13.6. The van der Waals surface area contributed by atoms with Crippen LogP contribution in [0, 0.1) is 0 Å². The summed E-state index contributed by atoms with van der Waals surface area (Å²) in [6.07, 6.45) is -0.195. The van der Waals surface area contributed by atoms with Crippen molar-refractivity contribution in [2.75, 3.05) is 13.1 Å². The second kappa shape index (κ2) is 5.80.